The molecule has 2 fully saturated rings. The number of fused-ring (bicyclic) bond motifs is 1. The van der Waals surface area contributed by atoms with Crippen molar-refractivity contribution >= 4 is 17.6 Å². The van der Waals surface area contributed by atoms with Crippen molar-refractivity contribution in [2.45, 2.75) is 70.8 Å². The lowest BCUT2D eigenvalue weighted by Crippen LogP contribution is -2.41. The summed E-state index contributed by atoms with van der Waals surface area (Å²) in [5.41, 5.74) is 2.47. The number of carbonyl (C=O) groups excluding carboxylic acids is 2. The molecule has 168 valence electrons. The van der Waals surface area contributed by atoms with Gasteiger partial charge in [-0.3, -0.25) is 19.5 Å². The summed E-state index contributed by atoms with van der Waals surface area (Å²) in [4.78, 5) is 43.9. The highest BCUT2D eigenvalue weighted by Gasteiger charge is 2.36. The molecular weight excluding hydrogens is 402 g/mol. The summed E-state index contributed by atoms with van der Waals surface area (Å²) < 4.78 is 0. The van der Waals surface area contributed by atoms with Gasteiger partial charge in [-0.1, -0.05) is 25.3 Å². The van der Waals surface area contributed by atoms with E-state index in [1.807, 2.05) is 28.9 Å². The van der Waals surface area contributed by atoms with E-state index in [1.165, 1.54) is 32.1 Å². The molecule has 32 heavy (non-hydrogen) atoms. The average molecular weight is 434 g/mol. The molecule has 1 saturated heterocycles. The van der Waals surface area contributed by atoms with E-state index in [2.05, 4.69) is 4.98 Å². The second-order valence-electron chi connectivity index (χ2n) is 9.35. The fraction of sp³-hybridized carbons (Fsp3) is 0.560. The molecule has 0 bridgehead atoms. The van der Waals surface area contributed by atoms with Gasteiger partial charge in [0.05, 0.1) is 6.04 Å². The van der Waals surface area contributed by atoms with Gasteiger partial charge in [0.25, 0.3) is 5.91 Å². The third-order valence-electron chi connectivity index (χ3n) is 7.22. The van der Waals surface area contributed by atoms with Crippen LogP contribution in [0.5, 0.6) is 0 Å². The first kappa shape index (κ1) is 21.0. The highest BCUT2D eigenvalue weighted by molar-refractivity contribution is 5.95. The van der Waals surface area contributed by atoms with E-state index in [4.69, 9.17) is 9.97 Å². The van der Waals surface area contributed by atoms with Gasteiger partial charge in [0.2, 0.25) is 5.91 Å². The summed E-state index contributed by atoms with van der Waals surface area (Å²) in [6.07, 6.45) is 10.8. The zero-order chi connectivity index (χ0) is 22.1. The topological polar surface area (TPSA) is 79.3 Å². The number of carbonyl (C=O) groups is 2. The third kappa shape index (κ3) is 4.00. The normalized spacial score (nSPS) is 21.7. The Morgan fingerprint density at radius 3 is 2.69 bits per heavy atom. The van der Waals surface area contributed by atoms with E-state index in [1.54, 1.807) is 12.3 Å². The van der Waals surface area contributed by atoms with Crippen molar-refractivity contribution in [2.24, 2.45) is 5.92 Å². The summed E-state index contributed by atoms with van der Waals surface area (Å²) in [5, 5.41) is 0. The minimum atomic E-state index is -0.179. The van der Waals surface area contributed by atoms with E-state index in [0.717, 1.165) is 36.5 Å². The van der Waals surface area contributed by atoms with Crippen LogP contribution in [0.1, 0.15) is 85.0 Å². The minimum absolute atomic E-state index is 0.0813. The molecule has 0 aromatic carbocycles. The maximum atomic E-state index is 13.1. The van der Waals surface area contributed by atoms with E-state index in [9.17, 15) is 9.59 Å². The molecule has 1 aliphatic carbocycles. The third-order valence-corrected chi connectivity index (χ3v) is 7.22. The lowest BCUT2D eigenvalue weighted by atomic mass is 9.88. The van der Waals surface area contributed by atoms with Gasteiger partial charge in [-0.25, -0.2) is 9.97 Å². The van der Waals surface area contributed by atoms with Crippen molar-refractivity contribution in [1.82, 2.24) is 19.9 Å². The maximum absolute atomic E-state index is 13.1. The predicted octanol–water partition coefficient (Wildman–Crippen LogP) is 4.02. The average Bonchev–Trinajstić information content (AvgIpc) is 3.31. The molecule has 7 heteroatoms. The van der Waals surface area contributed by atoms with Crippen LogP contribution < -0.4 is 4.90 Å². The van der Waals surface area contributed by atoms with E-state index >= 15 is 0 Å². The molecular formula is C25H31N5O2. The molecule has 2 aromatic rings. The van der Waals surface area contributed by atoms with Crippen molar-refractivity contribution < 1.29 is 9.59 Å². The van der Waals surface area contributed by atoms with Gasteiger partial charge >= 0.3 is 0 Å². The molecule has 2 aliphatic heterocycles. The van der Waals surface area contributed by atoms with Crippen molar-refractivity contribution in [2.75, 3.05) is 18.0 Å². The smallest absolute Gasteiger partial charge is 0.273 e. The van der Waals surface area contributed by atoms with Crippen LogP contribution in [0.25, 0.3) is 0 Å². The van der Waals surface area contributed by atoms with Crippen LogP contribution in [-0.4, -0.2) is 44.8 Å². The van der Waals surface area contributed by atoms with Gasteiger partial charge in [0, 0.05) is 37.0 Å². The number of rotatable bonds is 4. The molecule has 2 amide bonds. The Kier molecular flexibility index (Phi) is 5.89. The summed E-state index contributed by atoms with van der Waals surface area (Å²) in [5.74, 6) is 2.08. The highest BCUT2D eigenvalue weighted by atomic mass is 16.2. The first-order valence-corrected chi connectivity index (χ1v) is 12.0. The number of likely N-dealkylation sites (tertiary alicyclic amines) is 1. The molecule has 5 rings (SSSR count). The van der Waals surface area contributed by atoms with Crippen LogP contribution in [-0.2, 0) is 11.2 Å². The number of amides is 2. The number of nitrogens with zero attached hydrogens (tertiary/aromatic N) is 5. The number of anilines is 1. The molecule has 0 N–H and O–H groups in total. The number of hydrogen-bond acceptors (Lipinski definition) is 5. The lowest BCUT2D eigenvalue weighted by Gasteiger charge is -2.34. The van der Waals surface area contributed by atoms with Crippen molar-refractivity contribution in [1.29, 1.82) is 0 Å². The lowest BCUT2D eigenvalue weighted by molar-refractivity contribution is -0.119. The Labute approximate surface area is 189 Å². The monoisotopic (exact) mass is 433 g/mol. The van der Waals surface area contributed by atoms with Gasteiger partial charge in [-0.05, 0) is 57.1 Å². The summed E-state index contributed by atoms with van der Waals surface area (Å²) >= 11 is 0. The van der Waals surface area contributed by atoms with Gasteiger partial charge in [0.1, 0.15) is 11.5 Å². The Bertz CT molecular complexity index is 1000. The fourth-order valence-corrected chi connectivity index (χ4v) is 5.48. The second kappa shape index (κ2) is 8.96. The van der Waals surface area contributed by atoms with Crippen LogP contribution in [0.15, 0.2) is 24.4 Å². The molecule has 1 unspecified atom stereocenters. The first-order valence-electron chi connectivity index (χ1n) is 12.0. The second-order valence-corrected chi connectivity index (χ2v) is 9.35. The molecule has 7 nitrogen and oxygen atoms in total. The highest BCUT2D eigenvalue weighted by Crippen LogP contribution is 2.36. The standard InChI is InChI=1S/C25H31N5O2/c1-17-19-12-13-22(31)30(16-18-8-3-2-4-9-18)24(19)28-23(27-17)21-11-7-15-29(21)25(32)20-10-5-6-14-26-20/h5-6,10,14,18,21H,2-4,7-9,11-13,15-16H2,1H3. The zero-order valence-corrected chi connectivity index (χ0v) is 18.8. The van der Waals surface area contributed by atoms with Crippen molar-refractivity contribution in [3.05, 3.63) is 47.2 Å². The van der Waals surface area contributed by atoms with Gasteiger partial charge < -0.3 is 4.90 Å². The number of aryl methyl sites for hydroxylation is 1. The van der Waals surface area contributed by atoms with Gasteiger partial charge in [-0.2, -0.15) is 0 Å². The van der Waals surface area contributed by atoms with Crippen LogP contribution in [0.4, 0.5) is 5.82 Å². The molecule has 4 heterocycles. The SMILES string of the molecule is Cc1nc(C2CCCN2C(=O)c2ccccn2)nc2c1CCC(=O)N2CC1CCCCC1. The van der Waals surface area contributed by atoms with E-state index in [0.29, 0.717) is 36.8 Å². The predicted molar refractivity (Wildman–Crippen MR) is 121 cm³/mol. The number of aromatic nitrogens is 3. The van der Waals surface area contributed by atoms with Crippen LogP contribution in [0.2, 0.25) is 0 Å². The maximum Gasteiger partial charge on any atom is 0.273 e. The summed E-state index contributed by atoms with van der Waals surface area (Å²) in [6, 6.07) is 5.22. The molecule has 1 saturated carbocycles. The zero-order valence-electron chi connectivity index (χ0n) is 18.8. The summed E-state index contributed by atoms with van der Waals surface area (Å²) in [7, 11) is 0. The Balaban J connectivity index is 1.46. The molecule has 1 atom stereocenters. The summed E-state index contributed by atoms with van der Waals surface area (Å²) in [6.45, 7) is 3.44. The Morgan fingerprint density at radius 2 is 1.91 bits per heavy atom. The Hall–Kier alpha value is -2.83. The molecule has 2 aromatic heterocycles. The van der Waals surface area contributed by atoms with Crippen molar-refractivity contribution in [3.63, 3.8) is 0 Å². The fourth-order valence-electron chi connectivity index (χ4n) is 5.48. The minimum Gasteiger partial charge on any atom is -0.327 e. The van der Waals surface area contributed by atoms with E-state index in [-0.39, 0.29) is 17.9 Å². The largest absolute Gasteiger partial charge is 0.327 e. The molecule has 3 aliphatic rings. The number of hydrogen-bond donors (Lipinski definition) is 0. The van der Waals surface area contributed by atoms with Gasteiger partial charge in [-0.15, -0.1) is 0 Å². The first-order chi connectivity index (χ1) is 15.6. The number of pyridine rings is 1. The quantitative estimate of drug-likeness (QED) is 0.728. The van der Waals surface area contributed by atoms with E-state index < -0.39 is 0 Å². The van der Waals surface area contributed by atoms with Gasteiger partial charge in [0.15, 0.2) is 5.82 Å². The van der Waals surface area contributed by atoms with Crippen LogP contribution in [0, 0.1) is 12.8 Å². The molecule has 0 radical (unpaired) electrons. The van der Waals surface area contributed by atoms with Crippen molar-refractivity contribution in [3.8, 4) is 0 Å². The Morgan fingerprint density at radius 1 is 1.06 bits per heavy atom. The molecule has 0 spiro atoms. The van der Waals surface area contributed by atoms with Crippen LogP contribution >= 0.6 is 0 Å². The van der Waals surface area contributed by atoms with Crippen LogP contribution in [0.3, 0.4) is 0 Å².